The van der Waals surface area contributed by atoms with E-state index < -0.39 is 97.5 Å². The topological polar surface area (TPSA) is 237 Å². The molecular weight excluding hydrogens is 1220 g/mol. The van der Waals surface area contributed by atoms with Crippen LogP contribution in [0, 0.1) is 11.8 Å². The first-order chi connectivity index (χ1) is 44.9. The van der Waals surface area contributed by atoms with Crippen molar-refractivity contribution in [2.24, 2.45) is 11.8 Å². The van der Waals surface area contributed by atoms with Crippen LogP contribution in [0.3, 0.4) is 0 Å². The van der Waals surface area contributed by atoms with Gasteiger partial charge in [0.25, 0.3) is 0 Å². The zero-order valence-corrected chi connectivity index (χ0v) is 62.3. The van der Waals surface area contributed by atoms with Gasteiger partial charge in [-0.25, -0.2) is 9.13 Å². The molecule has 552 valence electrons. The van der Waals surface area contributed by atoms with Gasteiger partial charge in [-0.2, -0.15) is 0 Å². The summed E-state index contributed by atoms with van der Waals surface area (Å²) in [6.45, 7) is 9.56. The van der Waals surface area contributed by atoms with E-state index in [1.807, 2.05) is 0 Å². The lowest BCUT2D eigenvalue weighted by Crippen LogP contribution is -2.30. The highest BCUT2D eigenvalue weighted by Gasteiger charge is 2.30. The summed E-state index contributed by atoms with van der Waals surface area (Å²) in [7, 11) is -9.90. The quantitative estimate of drug-likeness (QED) is 0.0222. The van der Waals surface area contributed by atoms with Crippen molar-refractivity contribution in [1.82, 2.24) is 0 Å². The fourth-order valence-electron chi connectivity index (χ4n) is 11.3. The predicted octanol–water partition coefficient (Wildman–Crippen LogP) is 21.6. The van der Waals surface area contributed by atoms with Gasteiger partial charge >= 0.3 is 39.5 Å². The second-order valence-corrected chi connectivity index (χ2v) is 30.5. The Bertz CT molecular complexity index is 1800. The number of phosphoric acid groups is 2. The van der Waals surface area contributed by atoms with E-state index in [1.54, 1.807) is 0 Å². The summed E-state index contributed by atoms with van der Waals surface area (Å²) >= 11 is 0. The number of unbranched alkanes of at least 4 members (excludes halogenated alkanes) is 43. The normalized spacial score (nSPS) is 14.1. The molecule has 2 unspecified atom stereocenters. The number of carbonyl (C=O) groups is 4. The molecule has 0 spiro atoms. The van der Waals surface area contributed by atoms with Crippen LogP contribution in [-0.4, -0.2) is 96.7 Å². The number of rotatable bonds is 73. The summed E-state index contributed by atoms with van der Waals surface area (Å²) in [4.78, 5) is 72.6. The Balaban J connectivity index is 5.19. The van der Waals surface area contributed by atoms with Crippen LogP contribution in [-0.2, 0) is 65.4 Å². The minimum absolute atomic E-state index is 0.106. The van der Waals surface area contributed by atoms with Crippen LogP contribution in [0.4, 0.5) is 0 Å². The van der Waals surface area contributed by atoms with Crippen LogP contribution >= 0.6 is 15.6 Å². The number of aliphatic hydroxyl groups excluding tert-OH is 1. The van der Waals surface area contributed by atoms with Gasteiger partial charge < -0.3 is 33.8 Å². The molecule has 0 fully saturated rings. The molecule has 0 radical (unpaired) electrons. The lowest BCUT2D eigenvalue weighted by molar-refractivity contribution is -0.161. The van der Waals surface area contributed by atoms with Crippen molar-refractivity contribution in [2.75, 3.05) is 39.6 Å². The summed E-state index contributed by atoms with van der Waals surface area (Å²) in [5.74, 6) is -0.560. The van der Waals surface area contributed by atoms with Gasteiger partial charge in [0.15, 0.2) is 12.2 Å². The maximum atomic E-state index is 13.1. The van der Waals surface area contributed by atoms with Crippen LogP contribution in [0.25, 0.3) is 0 Å². The average Bonchev–Trinajstić information content (AvgIpc) is 3.10. The summed E-state index contributed by atoms with van der Waals surface area (Å²) in [5.41, 5.74) is 0. The zero-order chi connectivity index (χ0) is 68.6. The predicted molar refractivity (Wildman–Crippen MR) is 377 cm³/mol. The number of aliphatic hydroxyl groups is 1. The molecule has 5 atom stereocenters. The smallest absolute Gasteiger partial charge is 0.462 e. The first-order valence-electron chi connectivity index (χ1n) is 38.5. The van der Waals surface area contributed by atoms with Crippen LogP contribution in [0.1, 0.15) is 382 Å². The monoisotopic (exact) mass is 1370 g/mol. The lowest BCUT2D eigenvalue weighted by atomic mass is 10.0. The third-order valence-corrected chi connectivity index (χ3v) is 19.1. The highest BCUT2D eigenvalue weighted by molar-refractivity contribution is 7.47. The zero-order valence-electron chi connectivity index (χ0n) is 60.6. The molecule has 0 saturated heterocycles. The van der Waals surface area contributed by atoms with Gasteiger partial charge in [0.1, 0.15) is 19.3 Å². The molecule has 3 N–H and O–H groups in total. The standard InChI is InChI=1S/C74H144O17P2/c1-7-9-11-13-15-16-17-18-24-27-33-39-45-51-57-72(77)85-63-70(91-73(78)58-52-46-40-34-28-25-22-20-19-21-23-26-31-37-42-48-54-66(3)4)65-89-93(82,83)87-61-68(75)60-86-92(80,81)88-64-69(62-84-71(76)56-50-44-36-14-12-10-8-2)90-74(79)59-53-47-41-35-30-29-32-38-43-49-55-67(5)6/h66-70,75H,7-65H2,1-6H3,(H,80,81)(H,82,83)/t68-,69+,70+/m0/s1. The van der Waals surface area contributed by atoms with Gasteiger partial charge in [-0.15, -0.1) is 0 Å². The number of hydrogen-bond acceptors (Lipinski definition) is 15. The van der Waals surface area contributed by atoms with Gasteiger partial charge in [0, 0.05) is 25.7 Å². The minimum Gasteiger partial charge on any atom is -0.462 e. The fourth-order valence-corrected chi connectivity index (χ4v) is 12.9. The first kappa shape index (κ1) is 91.1. The number of phosphoric ester groups is 2. The van der Waals surface area contributed by atoms with E-state index in [2.05, 4.69) is 41.5 Å². The number of esters is 4. The SMILES string of the molecule is CCCCCCCCCCCCCCCCC(=O)OC[C@H](COP(=O)(O)OC[C@@H](O)COP(=O)(O)OC[C@@H](COC(=O)CCCCCCCCC)OC(=O)CCCCCCCCCCCCC(C)C)OC(=O)CCCCCCCCCCCCCCCCCCC(C)C. The maximum Gasteiger partial charge on any atom is 0.472 e. The fraction of sp³-hybridized carbons (Fsp3) is 0.946. The van der Waals surface area contributed by atoms with E-state index in [0.29, 0.717) is 25.7 Å². The third-order valence-electron chi connectivity index (χ3n) is 17.2. The Hall–Kier alpha value is -1.94. The van der Waals surface area contributed by atoms with Gasteiger partial charge in [-0.05, 0) is 37.5 Å². The molecule has 93 heavy (non-hydrogen) atoms. The van der Waals surface area contributed by atoms with Gasteiger partial charge in [0.2, 0.25) is 0 Å². The summed E-state index contributed by atoms with van der Waals surface area (Å²) in [6.07, 6.45) is 52.8. The van der Waals surface area contributed by atoms with Crippen molar-refractivity contribution in [1.29, 1.82) is 0 Å². The third kappa shape index (κ3) is 68.4. The van der Waals surface area contributed by atoms with E-state index in [4.69, 9.17) is 37.0 Å². The maximum absolute atomic E-state index is 13.1. The number of ether oxygens (including phenoxy) is 4. The van der Waals surface area contributed by atoms with Gasteiger partial charge in [-0.1, -0.05) is 330 Å². The van der Waals surface area contributed by atoms with Crippen molar-refractivity contribution in [3.63, 3.8) is 0 Å². The minimum atomic E-state index is -4.95. The number of hydrogen-bond donors (Lipinski definition) is 3. The van der Waals surface area contributed by atoms with Gasteiger partial charge in [0.05, 0.1) is 26.4 Å². The van der Waals surface area contributed by atoms with E-state index in [1.165, 1.54) is 186 Å². The Labute approximate surface area is 568 Å². The molecular formula is C74H144O17P2. The van der Waals surface area contributed by atoms with Gasteiger partial charge in [-0.3, -0.25) is 37.3 Å². The van der Waals surface area contributed by atoms with E-state index >= 15 is 0 Å². The van der Waals surface area contributed by atoms with Crippen molar-refractivity contribution in [3.8, 4) is 0 Å². The highest BCUT2D eigenvalue weighted by Crippen LogP contribution is 2.45. The van der Waals surface area contributed by atoms with E-state index in [9.17, 15) is 43.2 Å². The van der Waals surface area contributed by atoms with Crippen LogP contribution in [0.15, 0.2) is 0 Å². The molecule has 0 heterocycles. The number of carbonyl (C=O) groups excluding carboxylic acids is 4. The van der Waals surface area contributed by atoms with Crippen molar-refractivity contribution in [3.05, 3.63) is 0 Å². The molecule has 0 aliphatic heterocycles. The Morgan fingerprint density at radius 3 is 0.731 bits per heavy atom. The largest absolute Gasteiger partial charge is 0.472 e. The molecule has 19 heteroatoms. The molecule has 0 saturated carbocycles. The van der Waals surface area contributed by atoms with E-state index in [-0.39, 0.29) is 25.7 Å². The highest BCUT2D eigenvalue weighted by atomic mass is 31.2. The molecule has 0 aromatic carbocycles. The Kier molecular flexibility index (Phi) is 64.6. The van der Waals surface area contributed by atoms with Crippen molar-refractivity contribution < 1.29 is 80.2 Å². The molecule has 17 nitrogen and oxygen atoms in total. The summed E-state index contributed by atoms with van der Waals surface area (Å²) in [5, 5.41) is 10.6. The van der Waals surface area contributed by atoms with Crippen molar-refractivity contribution in [2.45, 2.75) is 400 Å². The molecule has 0 rings (SSSR count). The second kappa shape index (κ2) is 66.0. The molecule has 0 aromatic heterocycles. The Morgan fingerprint density at radius 1 is 0.290 bits per heavy atom. The molecule has 0 aromatic rings. The van der Waals surface area contributed by atoms with E-state index in [0.717, 1.165) is 115 Å². The summed E-state index contributed by atoms with van der Waals surface area (Å²) in [6, 6.07) is 0. The van der Waals surface area contributed by atoms with Crippen LogP contribution in [0.5, 0.6) is 0 Å². The molecule has 0 aliphatic rings. The van der Waals surface area contributed by atoms with Crippen LogP contribution in [0.2, 0.25) is 0 Å². The second-order valence-electron chi connectivity index (χ2n) is 27.6. The summed E-state index contributed by atoms with van der Waals surface area (Å²) < 4.78 is 68.3. The Morgan fingerprint density at radius 2 is 0.495 bits per heavy atom. The van der Waals surface area contributed by atoms with Crippen molar-refractivity contribution >= 4 is 39.5 Å². The first-order valence-corrected chi connectivity index (χ1v) is 41.5. The molecule has 0 bridgehead atoms. The average molecular weight is 1370 g/mol. The lowest BCUT2D eigenvalue weighted by Gasteiger charge is -2.21. The molecule has 0 amide bonds. The van der Waals surface area contributed by atoms with Crippen LogP contribution < -0.4 is 0 Å². The molecule has 0 aliphatic carbocycles.